The highest BCUT2D eigenvalue weighted by Crippen LogP contribution is 2.14. The first kappa shape index (κ1) is 15.0. The summed E-state index contributed by atoms with van der Waals surface area (Å²) in [6.45, 7) is 3.27. The molecule has 21 heavy (non-hydrogen) atoms. The molecule has 0 saturated carbocycles. The third-order valence-corrected chi connectivity index (χ3v) is 3.33. The summed E-state index contributed by atoms with van der Waals surface area (Å²) in [6, 6.07) is 7.67. The summed E-state index contributed by atoms with van der Waals surface area (Å²) in [7, 11) is 0. The van der Waals surface area contributed by atoms with Crippen molar-refractivity contribution in [2.45, 2.75) is 26.7 Å². The van der Waals surface area contributed by atoms with E-state index in [1.54, 1.807) is 13.8 Å². The molecule has 0 aliphatic rings. The highest BCUT2D eigenvalue weighted by Gasteiger charge is 2.27. The number of aromatic amines is 1. The van der Waals surface area contributed by atoms with Gasteiger partial charge in [-0.25, -0.2) is 4.98 Å². The lowest BCUT2D eigenvalue weighted by Gasteiger charge is -2.19. The van der Waals surface area contributed by atoms with E-state index >= 15 is 0 Å². The monoisotopic (exact) mass is 289 g/mol. The number of para-hydroxylation sites is 2. The molecule has 0 radical (unpaired) electrons. The Hall–Kier alpha value is -2.37. The van der Waals surface area contributed by atoms with Crippen LogP contribution in [0.3, 0.4) is 0 Å². The summed E-state index contributed by atoms with van der Waals surface area (Å²) in [5.41, 5.74) is 0.856. The van der Waals surface area contributed by atoms with Gasteiger partial charge in [0.25, 0.3) is 0 Å². The van der Waals surface area contributed by atoms with Gasteiger partial charge in [-0.1, -0.05) is 12.1 Å². The van der Waals surface area contributed by atoms with E-state index in [9.17, 15) is 9.59 Å². The van der Waals surface area contributed by atoms with E-state index in [1.807, 2.05) is 24.3 Å². The largest absolute Gasteiger partial charge is 0.481 e. The van der Waals surface area contributed by atoms with Crippen molar-refractivity contribution in [3.63, 3.8) is 0 Å². The van der Waals surface area contributed by atoms with Gasteiger partial charge in [-0.2, -0.15) is 0 Å². The number of aliphatic carboxylic acids is 1. The minimum atomic E-state index is -0.963. The van der Waals surface area contributed by atoms with Crippen LogP contribution in [0.1, 0.15) is 26.1 Å². The molecule has 0 spiro atoms. The van der Waals surface area contributed by atoms with Gasteiger partial charge in [0.15, 0.2) is 0 Å². The zero-order valence-corrected chi connectivity index (χ0v) is 12.1. The van der Waals surface area contributed by atoms with Crippen LogP contribution in [0.2, 0.25) is 0 Å². The minimum Gasteiger partial charge on any atom is -0.481 e. The first-order valence-electron chi connectivity index (χ1n) is 6.82. The number of aryl methyl sites for hydroxylation is 1. The summed E-state index contributed by atoms with van der Waals surface area (Å²) in [4.78, 5) is 30.2. The number of nitrogens with one attached hydrogen (secondary N) is 2. The molecule has 0 unspecified atom stereocenters. The summed E-state index contributed by atoms with van der Waals surface area (Å²) < 4.78 is 0. The Labute approximate surface area is 122 Å². The maximum atomic E-state index is 11.8. The van der Waals surface area contributed by atoms with Crippen molar-refractivity contribution in [2.75, 3.05) is 6.54 Å². The molecular formula is C15H19N3O3. The number of H-pyrrole nitrogens is 1. The number of hydrogen-bond acceptors (Lipinski definition) is 3. The smallest absolute Gasteiger partial charge is 0.310 e. The number of aromatic nitrogens is 2. The molecule has 2 rings (SSSR count). The van der Waals surface area contributed by atoms with Crippen molar-refractivity contribution in [2.24, 2.45) is 5.41 Å². The molecular weight excluding hydrogens is 270 g/mol. The van der Waals surface area contributed by atoms with Crippen molar-refractivity contribution in [1.82, 2.24) is 15.3 Å². The number of carbonyl (C=O) groups excluding carboxylic acids is 1. The second-order valence-electron chi connectivity index (χ2n) is 5.67. The molecule has 112 valence electrons. The molecule has 0 atom stereocenters. The fourth-order valence-corrected chi connectivity index (χ4v) is 1.84. The predicted molar refractivity (Wildman–Crippen MR) is 78.8 cm³/mol. The van der Waals surface area contributed by atoms with Crippen LogP contribution in [-0.4, -0.2) is 33.5 Å². The van der Waals surface area contributed by atoms with Crippen molar-refractivity contribution >= 4 is 22.9 Å². The van der Waals surface area contributed by atoms with Crippen LogP contribution >= 0.6 is 0 Å². The molecule has 6 heteroatoms. The number of imidazole rings is 1. The van der Waals surface area contributed by atoms with Gasteiger partial charge in [0.2, 0.25) is 5.91 Å². The number of rotatable bonds is 6. The summed E-state index contributed by atoms with van der Waals surface area (Å²) in [5, 5.41) is 11.6. The maximum absolute atomic E-state index is 11.8. The molecule has 0 aliphatic heterocycles. The van der Waals surface area contributed by atoms with Crippen molar-refractivity contribution in [3.8, 4) is 0 Å². The predicted octanol–water partition coefficient (Wildman–Crippen LogP) is 1.72. The summed E-state index contributed by atoms with van der Waals surface area (Å²) in [6.07, 6.45) is 0.767. The molecule has 3 N–H and O–H groups in total. The molecule has 1 aromatic carbocycles. The van der Waals surface area contributed by atoms with E-state index in [1.165, 1.54) is 0 Å². The van der Waals surface area contributed by atoms with Crippen molar-refractivity contribution in [3.05, 3.63) is 30.1 Å². The van der Waals surface area contributed by atoms with Crippen molar-refractivity contribution in [1.29, 1.82) is 0 Å². The second-order valence-corrected chi connectivity index (χ2v) is 5.67. The van der Waals surface area contributed by atoms with Crippen LogP contribution in [0.5, 0.6) is 0 Å². The lowest BCUT2D eigenvalue weighted by Crippen LogP contribution is -2.38. The Morgan fingerprint density at radius 3 is 2.71 bits per heavy atom. The van der Waals surface area contributed by atoms with E-state index in [2.05, 4.69) is 15.3 Å². The fourth-order valence-electron chi connectivity index (χ4n) is 1.84. The quantitative estimate of drug-likeness (QED) is 0.754. The Bertz CT molecular complexity index is 628. The van der Waals surface area contributed by atoms with Gasteiger partial charge in [-0.15, -0.1) is 0 Å². The first-order chi connectivity index (χ1) is 9.88. The number of benzene rings is 1. The Kier molecular flexibility index (Phi) is 4.26. The topological polar surface area (TPSA) is 95.1 Å². The number of carbonyl (C=O) groups is 2. The molecule has 1 aromatic heterocycles. The van der Waals surface area contributed by atoms with E-state index in [0.29, 0.717) is 6.42 Å². The van der Waals surface area contributed by atoms with Crippen LogP contribution in [0.4, 0.5) is 0 Å². The number of hydrogen-bond donors (Lipinski definition) is 3. The third-order valence-electron chi connectivity index (χ3n) is 3.33. The van der Waals surface area contributed by atoms with Gasteiger partial charge in [-0.3, -0.25) is 9.59 Å². The van der Waals surface area contributed by atoms with Gasteiger partial charge in [0, 0.05) is 19.4 Å². The third kappa shape index (κ3) is 3.81. The normalized spacial score (nSPS) is 11.5. The van der Waals surface area contributed by atoms with Crippen LogP contribution in [-0.2, 0) is 16.0 Å². The highest BCUT2D eigenvalue weighted by atomic mass is 16.4. The number of fused-ring (bicyclic) bond motifs is 1. The van der Waals surface area contributed by atoms with E-state index in [-0.39, 0.29) is 18.9 Å². The van der Waals surface area contributed by atoms with Crippen LogP contribution in [0, 0.1) is 5.41 Å². The Morgan fingerprint density at radius 1 is 1.33 bits per heavy atom. The molecule has 2 aromatic rings. The standard InChI is InChI=1S/C15H19N3O3/c1-15(2,14(20)21)9-16-13(19)8-7-12-17-10-5-3-4-6-11(10)18-12/h3-6H,7-9H2,1-2H3,(H,16,19)(H,17,18)(H,20,21). The lowest BCUT2D eigenvalue weighted by atomic mass is 9.94. The van der Waals surface area contributed by atoms with E-state index in [0.717, 1.165) is 16.9 Å². The van der Waals surface area contributed by atoms with Gasteiger partial charge in [-0.05, 0) is 26.0 Å². The second kappa shape index (κ2) is 5.95. The molecule has 0 bridgehead atoms. The average molecular weight is 289 g/mol. The minimum absolute atomic E-state index is 0.112. The summed E-state index contributed by atoms with van der Waals surface area (Å²) in [5.74, 6) is -0.353. The SMILES string of the molecule is CC(C)(CNC(=O)CCc1nc2ccccc2[nH]1)C(=O)O. The van der Waals surface area contributed by atoms with Crippen LogP contribution in [0.25, 0.3) is 11.0 Å². The van der Waals surface area contributed by atoms with Gasteiger partial charge in [0.1, 0.15) is 5.82 Å². The molecule has 1 heterocycles. The molecule has 1 amide bonds. The van der Waals surface area contributed by atoms with Gasteiger partial charge >= 0.3 is 5.97 Å². The van der Waals surface area contributed by atoms with E-state index < -0.39 is 11.4 Å². The molecule has 0 saturated heterocycles. The maximum Gasteiger partial charge on any atom is 0.310 e. The first-order valence-corrected chi connectivity index (χ1v) is 6.82. The number of carboxylic acids is 1. The highest BCUT2D eigenvalue weighted by molar-refractivity contribution is 5.79. The Morgan fingerprint density at radius 2 is 2.05 bits per heavy atom. The van der Waals surface area contributed by atoms with Crippen LogP contribution in [0.15, 0.2) is 24.3 Å². The fraction of sp³-hybridized carbons (Fsp3) is 0.400. The van der Waals surface area contributed by atoms with Gasteiger partial charge in [0.05, 0.1) is 16.4 Å². The number of nitrogens with zero attached hydrogens (tertiary/aromatic N) is 1. The number of carboxylic acid groups (broad SMARTS) is 1. The molecule has 0 fully saturated rings. The zero-order chi connectivity index (χ0) is 15.5. The molecule has 0 aliphatic carbocycles. The molecule has 6 nitrogen and oxygen atoms in total. The Balaban J connectivity index is 1.85. The lowest BCUT2D eigenvalue weighted by molar-refractivity contribution is -0.146. The summed E-state index contributed by atoms with van der Waals surface area (Å²) >= 11 is 0. The van der Waals surface area contributed by atoms with Gasteiger partial charge < -0.3 is 15.4 Å². The van der Waals surface area contributed by atoms with E-state index in [4.69, 9.17) is 5.11 Å². The van der Waals surface area contributed by atoms with Crippen LogP contribution < -0.4 is 5.32 Å². The van der Waals surface area contributed by atoms with Crippen molar-refractivity contribution < 1.29 is 14.7 Å². The zero-order valence-electron chi connectivity index (χ0n) is 12.1. The number of amides is 1. The average Bonchev–Trinajstić information content (AvgIpc) is 2.85.